The molecule has 0 unspecified atom stereocenters. The Kier molecular flexibility index (Phi) is 8.26. The number of benzene rings is 1. The van der Waals surface area contributed by atoms with Crippen LogP contribution in [0.25, 0.3) is 0 Å². The first-order valence-corrected chi connectivity index (χ1v) is 9.96. The third-order valence-corrected chi connectivity index (χ3v) is 5.22. The van der Waals surface area contributed by atoms with Crippen molar-refractivity contribution in [2.24, 2.45) is 5.92 Å². The van der Waals surface area contributed by atoms with Crippen molar-refractivity contribution in [2.45, 2.75) is 33.7 Å². The Morgan fingerprint density at radius 3 is 2.36 bits per heavy atom. The second-order valence-corrected chi connectivity index (χ2v) is 7.82. The lowest BCUT2D eigenvalue weighted by Crippen LogP contribution is -2.52. The number of nitrogens with zero attached hydrogens (tertiary/aromatic N) is 2. The van der Waals surface area contributed by atoms with Gasteiger partial charge in [-0.15, -0.1) is 0 Å². The van der Waals surface area contributed by atoms with Gasteiger partial charge in [0.05, 0.1) is 13.2 Å². The molecular weight excluding hydrogens is 356 g/mol. The van der Waals surface area contributed by atoms with Crippen molar-refractivity contribution in [1.29, 1.82) is 0 Å². The number of likely N-dealkylation sites (N-methyl/N-ethyl adjacent to an activating group) is 1. The van der Waals surface area contributed by atoms with Crippen LogP contribution in [0.15, 0.2) is 18.2 Å². The zero-order chi connectivity index (χ0) is 20.7. The van der Waals surface area contributed by atoms with Gasteiger partial charge in [-0.2, -0.15) is 0 Å². The number of carbonyl (C=O) groups excluding carboxylic acids is 2. The molecule has 0 radical (unpaired) electrons. The zero-order valence-electron chi connectivity index (χ0n) is 17.7. The third-order valence-electron chi connectivity index (χ3n) is 5.22. The maximum Gasteiger partial charge on any atom is 0.317 e. The summed E-state index contributed by atoms with van der Waals surface area (Å²) in [4.78, 5) is 28.6. The minimum absolute atomic E-state index is 0.00348. The number of morpholine rings is 1. The van der Waals surface area contributed by atoms with Gasteiger partial charge in [0, 0.05) is 38.4 Å². The number of hydrogen-bond donors (Lipinski definition) is 2. The minimum Gasteiger partial charge on any atom is -0.379 e. The number of aryl methyl sites for hydroxylation is 2. The van der Waals surface area contributed by atoms with Crippen LogP contribution in [-0.4, -0.2) is 74.2 Å². The predicted octanol–water partition coefficient (Wildman–Crippen LogP) is 2.24. The van der Waals surface area contributed by atoms with E-state index in [1.165, 1.54) is 4.90 Å². The van der Waals surface area contributed by atoms with Gasteiger partial charge in [0.1, 0.15) is 6.54 Å². The first kappa shape index (κ1) is 22.2. The molecule has 2 N–H and O–H groups in total. The van der Waals surface area contributed by atoms with Crippen molar-refractivity contribution >= 4 is 17.6 Å². The Bertz CT molecular complexity index is 651. The van der Waals surface area contributed by atoms with Gasteiger partial charge < -0.3 is 20.3 Å². The first-order valence-electron chi connectivity index (χ1n) is 9.96. The van der Waals surface area contributed by atoms with Crippen molar-refractivity contribution in [2.75, 3.05) is 51.8 Å². The largest absolute Gasteiger partial charge is 0.379 e. The van der Waals surface area contributed by atoms with Crippen molar-refractivity contribution in [3.05, 3.63) is 29.3 Å². The van der Waals surface area contributed by atoms with E-state index in [1.54, 1.807) is 7.05 Å². The van der Waals surface area contributed by atoms with Crippen LogP contribution in [0.1, 0.15) is 25.0 Å². The Morgan fingerprint density at radius 1 is 1.18 bits per heavy atom. The topological polar surface area (TPSA) is 73.9 Å². The van der Waals surface area contributed by atoms with Gasteiger partial charge in [0.25, 0.3) is 0 Å². The van der Waals surface area contributed by atoms with E-state index < -0.39 is 0 Å². The van der Waals surface area contributed by atoms with Crippen molar-refractivity contribution in [3.63, 3.8) is 0 Å². The Labute approximate surface area is 168 Å². The molecule has 7 nitrogen and oxygen atoms in total. The number of rotatable bonds is 7. The number of para-hydroxylation sites is 1. The maximum absolute atomic E-state index is 12.5. The summed E-state index contributed by atoms with van der Waals surface area (Å²) in [6.07, 6.45) is 0. The van der Waals surface area contributed by atoms with E-state index >= 15 is 0 Å². The smallest absolute Gasteiger partial charge is 0.317 e. The van der Waals surface area contributed by atoms with Crippen LogP contribution < -0.4 is 10.6 Å². The van der Waals surface area contributed by atoms with E-state index in [9.17, 15) is 9.59 Å². The molecule has 28 heavy (non-hydrogen) atoms. The van der Waals surface area contributed by atoms with Crippen LogP contribution in [0.3, 0.4) is 0 Å². The number of ether oxygens (including phenoxy) is 1. The highest BCUT2D eigenvalue weighted by molar-refractivity contribution is 5.95. The summed E-state index contributed by atoms with van der Waals surface area (Å²) >= 11 is 0. The molecule has 3 amide bonds. The fourth-order valence-corrected chi connectivity index (χ4v) is 3.50. The van der Waals surface area contributed by atoms with Crippen molar-refractivity contribution < 1.29 is 14.3 Å². The van der Waals surface area contributed by atoms with E-state index in [0.717, 1.165) is 43.1 Å². The van der Waals surface area contributed by atoms with Gasteiger partial charge in [-0.3, -0.25) is 9.69 Å². The van der Waals surface area contributed by atoms with E-state index in [1.807, 2.05) is 32.0 Å². The molecule has 1 aromatic carbocycles. The summed E-state index contributed by atoms with van der Waals surface area (Å²) in [5.74, 6) is 0.208. The summed E-state index contributed by atoms with van der Waals surface area (Å²) < 4.78 is 5.42. The highest BCUT2D eigenvalue weighted by Crippen LogP contribution is 2.19. The van der Waals surface area contributed by atoms with E-state index in [2.05, 4.69) is 29.4 Å². The number of carbonyl (C=O) groups is 2. The van der Waals surface area contributed by atoms with Crippen LogP contribution >= 0.6 is 0 Å². The molecule has 2 rings (SSSR count). The lowest BCUT2D eigenvalue weighted by molar-refractivity contribution is -0.116. The molecule has 1 saturated heterocycles. The molecule has 0 spiro atoms. The molecule has 1 aromatic rings. The fourth-order valence-electron chi connectivity index (χ4n) is 3.50. The Hall–Kier alpha value is -2.12. The summed E-state index contributed by atoms with van der Waals surface area (Å²) in [6.45, 7) is 12.0. The van der Waals surface area contributed by atoms with Gasteiger partial charge in [0.15, 0.2) is 0 Å². The monoisotopic (exact) mass is 390 g/mol. The number of urea groups is 1. The first-order chi connectivity index (χ1) is 13.3. The Morgan fingerprint density at radius 2 is 1.79 bits per heavy atom. The molecule has 1 heterocycles. The molecule has 0 saturated carbocycles. The van der Waals surface area contributed by atoms with Gasteiger partial charge in [-0.1, -0.05) is 32.0 Å². The van der Waals surface area contributed by atoms with Crippen LogP contribution in [0.4, 0.5) is 10.5 Å². The van der Waals surface area contributed by atoms with Crippen LogP contribution in [0.2, 0.25) is 0 Å². The molecule has 156 valence electrons. The molecule has 0 aliphatic carbocycles. The van der Waals surface area contributed by atoms with E-state index in [0.29, 0.717) is 12.5 Å². The number of hydrogen-bond acceptors (Lipinski definition) is 4. The Balaban J connectivity index is 1.85. The van der Waals surface area contributed by atoms with Gasteiger partial charge in [0.2, 0.25) is 5.91 Å². The highest BCUT2D eigenvalue weighted by atomic mass is 16.5. The van der Waals surface area contributed by atoms with Crippen LogP contribution in [0.5, 0.6) is 0 Å². The van der Waals surface area contributed by atoms with Gasteiger partial charge in [-0.25, -0.2) is 4.79 Å². The number of amides is 3. The summed E-state index contributed by atoms with van der Waals surface area (Å²) in [7, 11) is 1.64. The SMILES string of the molecule is Cc1cccc(C)c1NC(=O)CN(C)C(=O)NC[C@@H](C(C)C)N1CCOCC1. The molecule has 7 heteroatoms. The number of nitrogens with one attached hydrogen (secondary N) is 2. The average Bonchev–Trinajstić information content (AvgIpc) is 2.65. The van der Waals surface area contributed by atoms with Crippen molar-refractivity contribution in [3.8, 4) is 0 Å². The molecule has 0 bridgehead atoms. The van der Waals surface area contributed by atoms with Gasteiger partial charge in [-0.05, 0) is 30.9 Å². The minimum atomic E-state index is -0.240. The molecule has 1 aliphatic rings. The third kappa shape index (κ3) is 6.21. The summed E-state index contributed by atoms with van der Waals surface area (Å²) in [6, 6.07) is 5.88. The molecule has 1 aliphatic heterocycles. The second-order valence-electron chi connectivity index (χ2n) is 7.82. The lowest BCUT2D eigenvalue weighted by atomic mass is 10.0. The van der Waals surface area contributed by atoms with Crippen molar-refractivity contribution in [1.82, 2.24) is 15.1 Å². The standard InChI is InChI=1S/C21H34N4O3/c1-15(2)18(25-9-11-28-12-10-25)13-22-21(27)24(5)14-19(26)23-20-16(3)7-6-8-17(20)4/h6-8,15,18H,9-14H2,1-5H3,(H,22,27)(H,23,26)/t18-/m0/s1. The second kappa shape index (κ2) is 10.4. The quantitative estimate of drug-likeness (QED) is 0.749. The zero-order valence-corrected chi connectivity index (χ0v) is 17.7. The predicted molar refractivity (Wildman–Crippen MR) is 112 cm³/mol. The van der Waals surface area contributed by atoms with E-state index in [4.69, 9.17) is 4.74 Å². The normalized spacial score (nSPS) is 15.9. The van der Waals surface area contributed by atoms with E-state index in [-0.39, 0.29) is 24.5 Å². The van der Waals surface area contributed by atoms with Gasteiger partial charge >= 0.3 is 6.03 Å². The van der Waals surface area contributed by atoms with Crippen LogP contribution in [0, 0.1) is 19.8 Å². The number of anilines is 1. The molecule has 1 atom stereocenters. The summed E-state index contributed by atoms with van der Waals surface area (Å²) in [5.41, 5.74) is 2.82. The lowest BCUT2D eigenvalue weighted by Gasteiger charge is -2.37. The average molecular weight is 391 g/mol. The molecule has 1 fully saturated rings. The van der Waals surface area contributed by atoms with Crippen LogP contribution in [-0.2, 0) is 9.53 Å². The summed E-state index contributed by atoms with van der Waals surface area (Å²) in [5, 5.41) is 5.89. The highest BCUT2D eigenvalue weighted by Gasteiger charge is 2.25. The molecule has 0 aromatic heterocycles. The maximum atomic E-state index is 12.5. The molecular formula is C21H34N4O3. The fraction of sp³-hybridized carbons (Fsp3) is 0.619.